The SMILES string of the molecule is COc1ccc(CNC(C)Cc2ccsc2)c(F)c1. The van der Waals surface area contributed by atoms with E-state index in [1.165, 1.54) is 18.7 Å². The normalized spacial score (nSPS) is 12.4. The summed E-state index contributed by atoms with van der Waals surface area (Å²) in [4.78, 5) is 0. The fourth-order valence-electron chi connectivity index (χ4n) is 1.92. The Labute approximate surface area is 117 Å². The van der Waals surface area contributed by atoms with Crippen LogP contribution in [0, 0.1) is 5.82 Å². The van der Waals surface area contributed by atoms with Crippen LogP contribution in [0.5, 0.6) is 5.75 Å². The third kappa shape index (κ3) is 4.04. The second-order valence-corrected chi connectivity index (χ2v) is 5.36. The molecule has 0 saturated heterocycles. The minimum absolute atomic E-state index is 0.227. The summed E-state index contributed by atoms with van der Waals surface area (Å²) in [7, 11) is 1.54. The van der Waals surface area contributed by atoms with Crippen LogP contribution < -0.4 is 10.1 Å². The zero-order chi connectivity index (χ0) is 13.7. The average Bonchev–Trinajstić information content (AvgIpc) is 2.90. The lowest BCUT2D eigenvalue weighted by molar-refractivity contribution is 0.410. The topological polar surface area (TPSA) is 21.3 Å². The third-order valence-electron chi connectivity index (χ3n) is 3.02. The van der Waals surface area contributed by atoms with Crippen LogP contribution >= 0.6 is 11.3 Å². The number of benzene rings is 1. The molecule has 0 saturated carbocycles. The van der Waals surface area contributed by atoms with Crippen LogP contribution in [-0.2, 0) is 13.0 Å². The van der Waals surface area contributed by atoms with Crippen molar-refractivity contribution in [1.29, 1.82) is 0 Å². The van der Waals surface area contributed by atoms with Crippen molar-refractivity contribution in [2.24, 2.45) is 0 Å². The highest BCUT2D eigenvalue weighted by Crippen LogP contribution is 2.16. The molecule has 102 valence electrons. The molecule has 0 spiro atoms. The van der Waals surface area contributed by atoms with Crippen molar-refractivity contribution in [2.75, 3.05) is 7.11 Å². The Morgan fingerprint density at radius 2 is 2.21 bits per heavy atom. The number of thiophene rings is 1. The summed E-state index contributed by atoms with van der Waals surface area (Å²) in [6, 6.07) is 7.40. The van der Waals surface area contributed by atoms with E-state index < -0.39 is 0 Å². The van der Waals surface area contributed by atoms with Gasteiger partial charge in [0.2, 0.25) is 0 Å². The van der Waals surface area contributed by atoms with Gasteiger partial charge in [-0.05, 0) is 41.8 Å². The molecule has 4 heteroatoms. The Morgan fingerprint density at radius 1 is 1.37 bits per heavy atom. The second-order valence-electron chi connectivity index (χ2n) is 4.58. The highest BCUT2D eigenvalue weighted by atomic mass is 32.1. The quantitative estimate of drug-likeness (QED) is 0.872. The lowest BCUT2D eigenvalue weighted by Gasteiger charge is -2.13. The van der Waals surface area contributed by atoms with Gasteiger partial charge in [0.15, 0.2) is 0 Å². The highest BCUT2D eigenvalue weighted by molar-refractivity contribution is 7.07. The molecule has 1 N–H and O–H groups in total. The molecule has 2 aromatic rings. The van der Waals surface area contributed by atoms with Crippen molar-refractivity contribution < 1.29 is 9.13 Å². The summed E-state index contributed by atoms with van der Waals surface area (Å²) in [5, 5.41) is 7.56. The van der Waals surface area contributed by atoms with Gasteiger partial charge in [-0.1, -0.05) is 6.07 Å². The maximum absolute atomic E-state index is 13.7. The minimum atomic E-state index is -0.227. The lowest BCUT2D eigenvalue weighted by atomic mass is 10.1. The van der Waals surface area contributed by atoms with Crippen LogP contribution in [0.2, 0.25) is 0 Å². The van der Waals surface area contributed by atoms with E-state index in [1.54, 1.807) is 23.5 Å². The molecule has 0 aliphatic carbocycles. The second kappa shape index (κ2) is 6.68. The van der Waals surface area contributed by atoms with Gasteiger partial charge in [-0.2, -0.15) is 11.3 Å². The molecule has 0 amide bonds. The van der Waals surface area contributed by atoms with Crippen molar-refractivity contribution in [3.05, 3.63) is 52.0 Å². The molecule has 0 aliphatic rings. The number of ether oxygens (including phenoxy) is 1. The molecular formula is C15H18FNOS. The van der Waals surface area contributed by atoms with Gasteiger partial charge in [0.1, 0.15) is 11.6 Å². The van der Waals surface area contributed by atoms with Gasteiger partial charge in [0.25, 0.3) is 0 Å². The molecule has 0 fully saturated rings. The summed E-state index contributed by atoms with van der Waals surface area (Å²) in [6.45, 7) is 2.64. The minimum Gasteiger partial charge on any atom is -0.497 e. The van der Waals surface area contributed by atoms with Crippen molar-refractivity contribution in [3.63, 3.8) is 0 Å². The molecule has 1 unspecified atom stereocenters. The monoisotopic (exact) mass is 279 g/mol. The van der Waals surface area contributed by atoms with E-state index in [0.717, 1.165) is 6.42 Å². The Hall–Kier alpha value is -1.39. The zero-order valence-electron chi connectivity index (χ0n) is 11.2. The van der Waals surface area contributed by atoms with E-state index in [9.17, 15) is 4.39 Å². The van der Waals surface area contributed by atoms with Crippen LogP contribution in [0.1, 0.15) is 18.1 Å². The highest BCUT2D eigenvalue weighted by Gasteiger charge is 2.07. The van der Waals surface area contributed by atoms with Gasteiger partial charge in [0.05, 0.1) is 7.11 Å². The number of hydrogen-bond acceptors (Lipinski definition) is 3. The number of methoxy groups -OCH3 is 1. The Morgan fingerprint density at radius 3 is 2.84 bits per heavy atom. The first-order valence-corrected chi connectivity index (χ1v) is 7.20. The molecule has 1 heterocycles. The molecule has 2 nitrogen and oxygen atoms in total. The largest absolute Gasteiger partial charge is 0.497 e. The standard InChI is InChI=1S/C15H18FNOS/c1-11(7-12-5-6-19-10-12)17-9-13-3-4-14(18-2)8-15(13)16/h3-6,8,10-11,17H,7,9H2,1-2H3. The van der Waals surface area contributed by atoms with E-state index in [-0.39, 0.29) is 5.82 Å². The number of nitrogens with one attached hydrogen (secondary N) is 1. The number of hydrogen-bond donors (Lipinski definition) is 1. The first kappa shape index (κ1) is 14.0. The summed E-state index contributed by atoms with van der Waals surface area (Å²) >= 11 is 1.70. The van der Waals surface area contributed by atoms with Gasteiger partial charge in [-0.25, -0.2) is 4.39 Å². The Bertz CT molecular complexity index is 513. The predicted molar refractivity (Wildman–Crippen MR) is 77.3 cm³/mol. The van der Waals surface area contributed by atoms with Gasteiger partial charge in [-0.15, -0.1) is 0 Å². The molecule has 2 rings (SSSR count). The average molecular weight is 279 g/mol. The van der Waals surface area contributed by atoms with Gasteiger partial charge in [0, 0.05) is 24.2 Å². The van der Waals surface area contributed by atoms with E-state index in [1.807, 2.05) is 0 Å². The van der Waals surface area contributed by atoms with E-state index in [2.05, 4.69) is 29.1 Å². The first-order valence-electron chi connectivity index (χ1n) is 6.26. The first-order chi connectivity index (χ1) is 9.19. The van der Waals surface area contributed by atoms with Crippen molar-refractivity contribution in [2.45, 2.75) is 25.9 Å². The summed E-state index contributed by atoms with van der Waals surface area (Å²) < 4.78 is 18.7. The van der Waals surface area contributed by atoms with Crippen LogP contribution in [0.3, 0.4) is 0 Å². The van der Waals surface area contributed by atoms with Gasteiger partial charge >= 0.3 is 0 Å². The zero-order valence-corrected chi connectivity index (χ0v) is 12.0. The lowest BCUT2D eigenvalue weighted by Crippen LogP contribution is -2.27. The van der Waals surface area contributed by atoms with Crippen molar-refractivity contribution in [1.82, 2.24) is 5.32 Å². The smallest absolute Gasteiger partial charge is 0.131 e. The molecule has 0 aliphatic heterocycles. The molecule has 1 aromatic heterocycles. The maximum atomic E-state index is 13.7. The van der Waals surface area contributed by atoms with Crippen molar-refractivity contribution in [3.8, 4) is 5.75 Å². The fourth-order valence-corrected chi connectivity index (χ4v) is 2.60. The van der Waals surface area contributed by atoms with E-state index in [0.29, 0.717) is 23.9 Å². The van der Waals surface area contributed by atoms with Crippen LogP contribution in [-0.4, -0.2) is 13.2 Å². The predicted octanol–water partition coefficient (Wildman–Crippen LogP) is 3.62. The Balaban J connectivity index is 1.88. The Kier molecular flexibility index (Phi) is 4.93. The van der Waals surface area contributed by atoms with E-state index in [4.69, 9.17) is 4.74 Å². The molecule has 19 heavy (non-hydrogen) atoms. The maximum Gasteiger partial charge on any atom is 0.131 e. The van der Waals surface area contributed by atoms with E-state index >= 15 is 0 Å². The molecule has 0 radical (unpaired) electrons. The van der Waals surface area contributed by atoms with Crippen LogP contribution in [0.25, 0.3) is 0 Å². The van der Waals surface area contributed by atoms with Gasteiger partial charge < -0.3 is 10.1 Å². The molecule has 0 bridgehead atoms. The third-order valence-corrected chi connectivity index (χ3v) is 3.76. The molecule has 1 aromatic carbocycles. The summed E-state index contributed by atoms with van der Waals surface area (Å²) in [6.07, 6.45) is 0.960. The summed E-state index contributed by atoms with van der Waals surface area (Å²) in [5.74, 6) is 0.321. The van der Waals surface area contributed by atoms with Gasteiger partial charge in [-0.3, -0.25) is 0 Å². The van der Waals surface area contributed by atoms with Crippen LogP contribution in [0.4, 0.5) is 4.39 Å². The van der Waals surface area contributed by atoms with Crippen molar-refractivity contribution >= 4 is 11.3 Å². The fraction of sp³-hybridized carbons (Fsp3) is 0.333. The molecular weight excluding hydrogens is 261 g/mol. The van der Waals surface area contributed by atoms with Crippen LogP contribution in [0.15, 0.2) is 35.0 Å². The summed E-state index contributed by atoms with van der Waals surface area (Å²) in [5.41, 5.74) is 1.98. The number of halogens is 1. The number of rotatable bonds is 6. The molecule has 1 atom stereocenters.